The van der Waals surface area contributed by atoms with Crippen molar-refractivity contribution in [1.82, 2.24) is 0 Å². The molecule has 0 fully saturated rings. The lowest BCUT2D eigenvalue weighted by Gasteiger charge is -2.31. The Labute approximate surface area is 138 Å². The van der Waals surface area contributed by atoms with Crippen LogP contribution in [0.15, 0.2) is 23.9 Å². The van der Waals surface area contributed by atoms with Gasteiger partial charge < -0.3 is 4.90 Å². The van der Waals surface area contributed by atoms with Crippen molar-refractivity contribution in [1.29, 1.82) is 0 Å². The summed E-state index contributed by atoms with van der Waals surface area (Å²) in [5.74, 6) is 0. The molecule has 0 aliphatic rings. The number of anilines is 1. The topological polar surface area (TPSA) is 3.24 Å². The van der Waals surface area contributed by atoms with Crippen molar-refractivity contribution in [2.75, 3.05) is 11.4 Å². The van der Waals surface area contributed by atoms with Crippen molar-refractivity contribution < 1.29 is 0 Å². The van der Waals surface area contributed by atoms with E-state index in [0.29, 0.717) is 5.41 Å². The van der Waals surface area contributed by atoms with Crippen LogP contribution in [0.25, 0.3) is 0 Å². The molecule has 22 heavy (non-hydrogen) atoms. The number of nitrogens with zero attached hydrogens (tertiary/aromatic N) is 1. The average molecular weight is 302 g/mol. The van der Waals surface area contributed by atoms with Crippen molar-refractivity contribution in [3.8, 4) is 0 Å². The second kappa shape index (κ2) is 7.85. The zero-order valence-electron chi connectivity index (χ0n) is 16.0. The molecule has 124 valence electrons. The zero-order chi connectivity index (χ0) is 16.9. The molecular weight excluding hydrogens is 266 g/mol. The highest BCUT2D eigenvalue weighted by molar-refractivity contribution is 5.60. The summed E-state index contributed by atoms with van der Waals surface area (Å²) in [5, 5.41) is 0. The Bertz CT molecular complexity index is 517. The lowest BCUT2D eigenvalue weighted by Crippen LogP contribution is -2.26. The van der Waals surface area contributed by atoms with Crippen LogP contribution in [-0.4, -0.2) is 6.54 Å². The first-order valence-corrected chi connectivity index (χ1v) is 8.68. The normalized spacial score (nSPS) is 12.6. The number of benzene rings is 1. The molecule has 0 amide bonds. The smallest absolute Gasteiger partial charge is 0.0440 e. The van der Waals surface area contributed by atoms with Gasteiger partial charge >= 0.3 is 0 Å². The van der Waals surface area contributed by atoms with Gasteiger partial charge in [-0.2, -0.15) is 0 Å². The van der Waals surface area contributed by atoms with Crippen molar-refractivity contribution in [3.05, 3.63) is 40.6 Å². The van der Waals surface area contributed by atoms with Gasteiger partial charge in [-0.15, -0.1) is 0 Å². The van der Waals surface area contributed by atoms with E-state index in [9.17, 15) is 0 Å². The molecular formula is C21H35N. The third kappa shape index (κ3) is 5.51. The minimum atomic E-state index is 0.358. The summed E-state index contributed by atoms with van der Waals surface area (Å²) in [4.78, 5) is 2.52. The third-order valence-corrected chi connectivity index (χ3v) is 4.34. The van der Waals surface area contributed by atoms with Gasteiger partial charge in [-0.25, -0.2) is 0 Å². The van der Waals surface area contributed by atoms with E-state index in [2.05, 4.69) is 78.5 Å². The third-order valence-electron chi connectivity index (χ3n) is 4.34. The van der Waals surface area contributed by atoms with Gasteiger partial charge in [0.15, 0.2) is 0 Å². The van der Waals surface area contributed by atoms with Gasteiger partial charge in [0, 0.05) is 17.9 Å². The molecule has 0 aliphatic carbocycles. The molecule has 1 aromatic rings. The fourth-order valence-corrected chi connectivity index (χ4v) is 2.63. The van der Waals surface area contributed by atoms with E-state index in [1.54, 1.807) is 0 Å². The molecule has 0 atom stereocenters. The second-order valence-electron chi connectivity index (χ2n) is 7.82. The largest absolute Gasteiger partial charge is 0.345 e. The van der Waals surface area contributed by atoms with E-state index in [4.69, 9.17) is 0 Å². The number of allylic oxidation sites excluding steroid dienone is 2. The summed E-state index contributed by atoms with van der Waals surface area (Å²) in [7, 11) is 0. The molecule has 0 radical (unpaired) electrons. The van der Waals surface area contributed by atoms with Crippen molar-refractivity contribution in [2.45, 2.75) is 74.7 Å². The minimum Gasteiger partial charge on any atom is -0.345 e. The van der Waals surface area contributed by atoms with Gasteiger partial charge in [0.05, 0.1) is 0 Å². The van der Waals surface area contributed by atoms with Gasteiger partial charge in [0.1, 0.15) is 0 Å². The molecule has 1 nitrogen and oxygen atoms in total. The van der Waals surface area contributed by atoms with Crippen molar-refractivity contribution in [3.63, 3.8) is 0 Å². The van der Waals surface area contributed by atoms with Crippen LogP contribution in [0.2, 0.25) is 0 Å². The van der Waals surface area contributed by atoms with Crippen LogP contribution in [0.1, 0.15) is 70.6 Å². The number of aryl methyl sites for hydroxylation is 3. The predicted octanol–water partition coefficient (Wildman–Crippen LogP) is 6.56. The van der Waals surface area contributed by atoms with Crippen LogP contribution in [-0.2, 0) is 0 Å². The average Bonchev–Trinajstić information content (AvgIpc) is 2.40. The Kier molecular flexibility index (Phi) is 6.71. The van der Waals surface area contributed by atoms with Gasteiger partial charge in [0.25, 0.3) is 0 Å². The Hall–Kier alpha value is -1.24. The molecule has 0 aromatic heterocycles. The molecule has 1 rings (SSSR count). The summed E-state index contributed by atoms with van der Waals surface area (Å²) in [6.45, 7) is 19.2. The molecule has 0 N–H and O–H groups in total. The Balaban J connectivity index is 3.16. The standard InChI is InChI=1S/C21H35N/c1-9-10-11-19(5)22(13-12-21(6,7)8)20-15-17(3)16(2)14-18(20)4/h11,14-15H,9-10,12-13H2,1-8H3. The maximum atomic E-state index is 2.52. The van der Waals surface area contributed by atoms with Gasteiger partial charge in [-0.05, 0) is 68.7 Å². The van der Waals surface area contributed by atoms with Gasteiger partial charge in [-0.3, -0.25) is 0 Å². The van der Waals surface area contributed by atoms with Gasteiger partial charge in [0.2, 0.25) is 0 Å². The SMILES string of the molecule is CCCC=C(C)N(CCC(C)(C)C)c1cc(C)c(C)cc1C. The lowest BCUT2D eigenvalue weighted by atomic mass is 9.91. The molecule has 1 heteroatoms. The first-order valence-electron chi connectivity index (χ1n) is 8.68. The fourth-order valence-electron chi connectivity index (χ4n) is 2.63. The summed E-state index contributed by atoms with van der Waals surface area (Å²) >= 11 is 0. The van der Waals surface area contributed by atoms with E-state index >= 15 is 0 Å². The van der Waals surface area contributed by atoms with E-state index in [-0.39, 0.29) is 0 Å². The molecule has 0 spiro atoms. The van der Waals surface area contributed by atoms with Crippen LogP contribution < -0.4 is 4.90 Å². The molecule has 0 saturated heterocycles. The molecule has 0 heterocycles. The number of hydrogen-bond donors (Lipinski definition) is 0. The van der Waals surface area contributed by atoms with Crippen molar-refractivity contribution >= 4 is 5.69 Å². The molecule has 1 aromatic carbocycles. The quantitative estimate of drug-likeness (QED) is 0.575. The predicted molar refractivity (Wildman–Crippen MR) is 101 cm³/mol. The summed E-state index contributed by atoms with van der Waals surface area (Å²) < 4.78 is 0. The summed E-state index contributed by atoms with van der Waals surface area (Å²) in [5.41, 5.74) is 7.25. The highest BCUT2D eigenvalue weighted by Crippen LogP contribution is 2.29. The molecule has 0 aliphatic heterocycles. The van der Waals surface area contributed by atoms with Crippen LogP contribution in [0.4, 0.5) is 5.69 Å². The van der Waals surface area contributed by atoms with E-state index in [0.717, 1.165) is 13.0 Å². The molecule has 0 unspecified atom stereocenters. The Morgan fingerprint density at radius 1 is 1.05 bits per heavy atom. The van der Waals surface area contributed by atoms with Crippen LogP contribution in [0.5, 0.6) is 0 Å². The Morgan fingerprint density at radius 3 is 2.18 bits per heavy atom. The first kappa shape index (κ1) is 18.8. The van der Waals surface area contributed by atoms with Crippen LogP contribution in [0.3, 0.4) is 0 Å². The summed E-state index contributed by atoms with van der Waals surface area (Å²) in [6, 6.07) is 4.68. The fraction of sp³-hybridized carbons (Fsp3) is 0.619. The van der Waals surface area contributed by atoms with E-state index < -0.39 is 0 Å². The molecule has 0 saturated carbocycles. The van der Waals surface area contributed by atoms with E-state index in [1.165, 1.54) is 40.9 Å². The highest BCUT2D eigenvalue weighted by Gasteiger charge is 2.17. The second-order valence-corrected chi connectivity index (χ2v) is 7.82. The first-order chi connectivity index (χ1) is 10.2. The maximum Gasteiger partial charge on any atom is 0.0440 e. The van der Waals surface area contributed by atoms with Crippen LogP contribution >= 0.6 is 0 Å². The van der Waals surface area contributed by atoms with E-state index in [1.807, 2.05) is 0 Å². The molecule has 0 bridgehead atoms. The number of rotatable bonds is 6. The minimum absolute atomic E-state index is 0.358. The Morgan fingerprint density at radius 2 is 1.64 bits per heavy atom. The maximum absolute atomic E-state index is 2.52. The number of hydrogen-bond acceptors (Lipinski definition) is 1. The lowest BCUT2D eigenvalue weighted by molar-refractivity contribution is 0.382. The van der Waals surface area contributed by atoms with Gasteiger partial charge in [-0.1, -0.05) is 46.3 Å². The highest BCUT2D eigenvalue weighted by atomic mass is 15.1. The number of unbranched alkanes of at least 4 members (excludes halogenated alkanes) is 1. The summed E-state index contributed by atoms with van der Waals surface area (Å²) in [6.07, 6.45) is 5.94. The monoisotopic (exact) mass is 301 g/mol. The van der Waals surface area contributed by atoms with Crippen LogP contribution in [0, 0.1) is 26.2 Å². The zero-order valence-corrected chi connectivity index (χ0v) is 16.0. The van der Waals surface area contributed by atoms with Crippen molar-refractivity contribution in [2.24, 2.45) is 5.41 Å².